The number of nitroso groups, excluding NO2 is 1. The number of ether oxygens (including phenoxy) is 1. The second kappa shape index (κ2) is 6.24. The van der Waals surface area contributed by atoms with Crippen molar-refractivity contribution < 1.29 is 9.53 Å². The van der Waals surface area contributed by atoms with Gasteiger partial charge in [0, 0.05) is 17.7 Å². The number of carbonyl (C=O) groups excluding carboxylic acids is 1. The summed E-state index contributed by atoms with van der Waals surface area (Å²) in [6.45, 7) is 6.49. The van der Waals surface area contributed by atoms with Gasteiger partial charge in [-0.25, -0.2) is 0 Å². The number of carbonyl (C=O) groups is 1. The lowest BCUT2D eigenvalue weighted by Gasteiger charge is -2.23. The molecule has 0 aromatic heterocycles. The third-order valence-electron chi connectivity index (χ3n) is 3.44. The number of fused-ring (bicyclic) bond motifs is 1. The van der Waals surface area contributed by atoms with Crippen LogP contribution in [0.25, 0.3) is 0 Å². The van der Waals surface area contributed by atoms with Gasteiger partial charge in [-0.2, -0.15) is 4.91 Å². The van der Waals surface area contributed by atoms with Crippen molar-refractivity contribution in [3.8, 4) is 5.75 Å². The van der Waals surface area contributed by atoms with Crippen molar-refractivity contribution >= 4 is 11.6 Å². The molecule has 1 aliphatic heterocycles. The van der Waals surface area contributed by atoms with Gasteiger partial charge in [-0.3, -0.25) is 4.79 Å². The molecule has 0 spiro atoms. The van der Waals surface area contributed by atoms with E-state index in [0.29, 0.717) is 19.3 Å². The maximum absolute atomic E-state index is 11.4. The molecule has 1 atom stereocenters. The molecule has 5 heteroatoms. The number of anilines is 1. The highest BCUT2D eigenvalue weighted by Gasteiger charge is 2.22. The van der Waals surface area contributed by atoms with Crippen molar-refractivity contribution in [2.45, 2.75) is 46.1 Å². The molecule has 1 aromatic carbocycles. The molecule has 1 unspecified atom stereocenters. The molecule has 0 saturated carbocycles. The smallest absolute Gasteiger partial charge is 0.224 e. The maximum Gasteiger partial charge on any atom is 0.224 e. The molecule has 1 aliphatic rings. The van der Waals surface area contributed by atoms with E-state index in [1.807, 2.05) is 18.2 Å². The molecule has 114 valence electrons. The Kier molecular flexibility index (Phi) is 4.60. The first kappa shape index (κ1) is 15.5. The molecule has 0 radical (unpaired) electrons. The first-order valence-electron chi connectivity index (χ1n) is 7.26. The highest BCUT2D eigenvalue weighted by molar-refractivity contribution is 5.94. The van der Waals surface area contributed by atoms with Gasteiger partial charge in [0.1, 0.15) is 18.4 Å². The van der Waals surface area contributed by atoms with Crippen LogP contribution in [-0.2, 0) is 11.2 Å². The first-order valence-corrected chi connectivity index (χ1v) is 7.26. The molecular formula is C16H22N2O3. The van der Waals surface area contributed by atoms with Gasteiger partial charge in [-0.1, -0.05) is 32.0 Å². The average Bonchev–Trinajstić information content (AvgIpc) is 2.41. The Balaban J connectivity index is 2.05. The summed E-state index contributed by atoms with van der Waals surface area (Å²) in [5.41, 5.74) is 1.83. The second-order valence-corrected chi connectivity index (χ2v) is 6.67. The Morgan fingerprint density at radius 1 is 1.33 bits per heavy atom. The highest BCUT2D eigenvalue weighted by atomic mass is 16.5. The zero-order valence-electron chi connectivity index (χ0n) is 12.8. The van der Waals surface area contributed by atoms with Crippen LogP contribution in [0.2, 0.25) is 0 Å². The normalized spacial score (nSPS) is 15.9. The largest absolute Gasteiger partial charge is 0.491 e. The molecule has 0 bridgehead atoms. The van der Waals surface area contributed by atoms with E-state index in [-0.39, 0.29) is 24.0 Å². The molecule has 0 aliphatic carbocycles. The van der Waals surface area contributed by atoms with Crippen LogP contribution in [0.3, 0.4) is 0 Å². The van der Waals surface area contributed by atoms with Gasteiger partial charge in [-0.15, -0.1) is 0 Å². The molecule has 5 nitrogen and oxygen atoms in total. The molecule has 1 aromatic rings. The number of nitrogens with zero attached hydrogens (tertiary/aromatic N) is 1. The average molecular weight is 290 g/mol. The van der Waals surface area contributed by atoms with Crippen LogP contribution in [0.5, 0.6) is 5.75 Å². The molecule has 1 amide bonds. The predicted molar refractivity (Wildman–Crippen MR) is 82.5 cm³/mol. The monoisotopic (exact) mass is 290 g/mol. The van der Waals surface area contributed by atoms with Gasteiger partial charge < -0.3 is 10.1 Å². The van der Waals surface area contributed by atoms with Crippen LogP contribution in [0.15, 0.2) is 23.4 Å². The Bertz CT molecular complexity index is 535. The number of rotatable bonds is 5. The minimum atomic E-state index is -0.362. The molecule has 2 rings (SSSR count). The zero-order valence-corrected chi connectivity index (χ0v) is 12.8. The zero-order chi connectivity index (χ0) is 15.5. The van der Waals surface area contributed by atoms with Crippen LogP contribution >= 0.6 is 0 Å². The standard InChI is InChI=1S/C16H22N2O3/c1-16(2,3)9-11(18-20)10-21-14-6-4-5-13-12(14)7-8-15(19)17-13/h4-6,11H,7-10H2,1-3H3,(H,17,19). The van der Waals surface area contributed by atoms with E-state index >= 15 is 0 Å². The van der Waals surface area contributed by atoms with Crippen molar-refractivity contribution in [3.05, 3.63) is 28.7 Å². The number of amides is 1. The highest BCUT2D eigenvalue weighted by Crippen LogP contribution is 2.31. The maximum atomic E-state index is 11.4. The number of hydrogen-bond donors (Lipinski definition) is 1. The third-order valence-corrected chi connectivity index (χ3v) is 3.44. The SMILES string of the molecule is CC(C)(C)CC(COc1cccc2c1CCC(=O)N2)N=O. The lowest BCUT2D eigenvalue weighted by molar-refractivity contribution is -0.116. The molecule has 1 N–H and O–H groups in total. The Hall–Kier alpha value is -1.91. The van der Waals surface area contributed by atoms with Crippen molar-refractivity contribution in [3.63, 3.8) is 0 Å². The van der Waals surface area contributed by atoms with E-state index in [4.69, 9.17) is 4.74 Å². The lowest BCUT2D eigenvalue weighted by Crippen LogP contribution is -2.23. The lowest BCUT2D eigenvalue weighted by atomic mass is 9.88. The quantitative estimate of drug-likeness (QED) is 0.844. The molecule has 21 heavy (non-hydrogen) atoms. The molecule has 0 saturated heterocycles. The first-order chi connectivity index (χ1) is 9.89. The van der Waals surface area contributed by atoms with E-state index in [9.17, 15) is 9.70 Å². The summed E-state index contributed by atoms with van der Waals surface area (Å²) in [4.78, 5) is 22.3. The van der Waals surface area contributed by atoms with Gasteiger partial charge in [0.15, 0.2) is 0 Å². The summed E-state index contributed by atoms with van der Waals surface area (Å²) in [7, 11) is 0. The van der Waals surface area contributed by atoms with Crippen LogP contribution < -0.4 is 10.1 Å². The summed E-state index contributed by atoms with van der Waals surface area (Å²) in [6, 6.07) is 5.21. The van der Waals surface area contributed by atoms with Crippen molar-refractivity contribution in [1.82, 2.24) is 0 Å². The van der Waals surface area contributed by atoms with E-state index in [2.05, 4.69) is 31.3 Å². The van der Waals surface area contributed by atoms with E-state index in [1.165, 1.54) is 0 Å². The number of benzene rings is 1. The number of nitrogens with one attached hydrogen (secondary N) is 1. The summed E-state index contributed by atoms with van der Waals surface area (Å²) in [5.74, 6) is 0.759. The fourth-order valence-electron chi connectivity index (χ4n) is 2.55. The minimum Gasteiger partial charge on any atom is -0.491 e. The molecule has 1 heterocycles. The predicted octanol–water partition coefficient (Wildman–Crippen LogP) is 3.52. The van der Waals surface area contributed by atoms with E-state index in [0.717, 1.165) is 17.0 Å². The van der Waals surface area contributed by atoms with Gasteiger partial charge in [-0.05, 0) is 30.4 Å². The number of hydrogen-bond acceptors (Lipinski definition) is 4. The van der Waals surface area contributed by atoms with Crippen LogP contribution in [0.4, 0.5) is 5.69 Å². The van der Waals surface area contributed by atoms with Gasteiger partial charge >= 0.3 is 0 Å². The summed E-state index contributed by atoms with van der Waals surface area (Å²) in [6.07, 6.45) is 1.81. The van der Waals surface area contributed by atoms with Gasteiger partial charge in [0.25, 0.3) is 0 Å². The van der Waals surface area contributed by atoms with Gasteiger partial charge in [0.05, 0.1) is 0 Å². The summed E-state index contributed by atoms with van der Waals surface area (Å²) < 4.78 is 5.79. The molecular weight excluding hydrogens is 268 g/mol. The van der Waals surface area contributed by atoms with Crippen molar-refractivity contribution in [1.29, 1.82) is 0 Å². The van der Waals surface area contributed by atoms with Crippen molar-refractivity contribution in [2.24, 2.45) is 10.6 Å². The Labute approximate surface area is 125 Å². The topological polar surface area (TPSA) is 67.8 Å². The second-order valence-electron chi connectivity index (χ2n) is 6.67. The Morgan fingerprint density at radius 2 is 2.10 bits per heavy atom. The third kappa shape index (κ3) is 4.28. The van der Waals surface area contributed by atoms with Crippen LogP contribution in [0, 0.1) is 10.3 Å². The Morgan fingerprint density at radius 3 is 2.76 bits per heavy atom. The van der Waals surface area contributed by atoms with Gasteiger partial charge in [0.2, 0.25) is 5.91 Å². The molecule has 0 fully saturated rings. The van der Waals surface area contributed by atoms with Crippen LogP contribution in [0.1, 0.15) is 39.2 Å². The fourth-order valence-corrected chi connectivity index (χ4v) is 2.55. The minimum absolute atomic E-state index is 0.0276. The van der Waals surface area contributed by atoms with E-state index < -0.39 is 0 Å². The fraction of sp³-hybridized carbons (Fsp3) is 0.562. The van der Waals surface area contributed by atoms with Crippen LogP contribution in [-0.4, -0.2) is 18.6 Å². The van der Waals surface area contributed by atoms with Crippen molar-refractivity contribution in [2.75, 3.05) is 11.9 Å². The summed E-state index contributed by atoms with van der Waals surface area (Å²) in [5, 5.41) is 6.00. The summed E-state index contributed by atoms with van der Waals surface area (Å²) >= 11 is 0. The van der Waals surface area contributed by atoms with E-state index in [1.54, 1.807) is 0 Å².